The van der Waals surface area contributed by atoms with E-state index in [0.29, 0.717) is 0 Å². The van der Waals surface area contributed by atoms with E-state index in [1.807, 2.05) is 39.8 Å². The fraction of sp³-hybridized carbons (Fsp3) is 0.538. The zero-order valence-electron chi connectivity index (χ0n) is 11.0. The zero-order chi connectivity index (χ0) is 12.0. The third-order valence-electron chi connectivity index (χ3n) is 1.22. The minimum Gasteiger partial charge on any atom is -0.0991 e. The minimum atomic E-state index is 0.0509. The molecular formula is C13H27P. The molecule has 0 N–H and O–H groups in total. The van der Waals surface area contributed by atoms with Gasteiger partial charge in [0.2, 0.25) is 0 Å². The first-order valence-electron chi connectivity index (χ1n) is 5.35. The van der Waals surface area contributed by atoms with Gasteiger partial charge in [-0.25, -0.2) is 0 Å². The molecule has 0 heterocycles. The first kappa shape index (κ1) is 19.3. The number of hydrogen-bond donors (Lipinski definition) is 0. The highest BCUT2D eigenvalue weighted by Crippen LogP contribution is 2.36. The Labute approximate surface area is 92.6 Å². The quantitative estimate of drug-likeness (QED) is 0.434. The van der Waals surface area contributed by atoms with E-state index < -0.39 is 0 Å². The zero-order valence-corrected chi connectivity index (χ0v) is 11.9. The van der Waals surface area contributed by atoms with Crippen molar-refractivity contribution in [3.8, 4) is 0 Å². The van der Waals surface area contributed by atoms with Crippen LogP contribution >= 0.6 is 7.92 Å². The summed E-state index contributed by atoms with van der Waals surface area (Å²) in [6.45, 7) is 18.2. The lowest BCUT2D eigenvalue weighted by atomic mass is 10.4. The SMILES string of the molecule is C=C/C=C\C(=C/C)P(C)C.CC.CC. The summed E-state index contributed by atoms with van der Waals surface area (Å²) >= 11 is 0. The van der Waals surface area contributed by atoms with Crippen molar-refractivity contribution in [2.75, 3.05) is 13.3 Å². The average Bonchev–Trinajstić information content (AvgIpc) is 2.24. The molecule has 0 spiro atoms. The van der Waals surface area contributed by atoms with Crippen LogP contribution in [0.2, 0.25) is 0 Å². The average molecular weight is 214 g/mol. The molecule has 0 nitrogen and oxygen atoms in total. The van der Waals surface area contributed by atoms with E-state index in [1.165, 1.54) is 5.31 Å². The maximum atomic E-state index is 3.62. The molecule has 0 unspecified atom stereocenters. The fourth-order valence-electron chi connectivity index (χ4n) is 0.670. The Morgan fingerprint density at radius 2 is 1.50 bits per heavy atom. The molecule has 14 heavy (non-hydrogen) atoms. The van der Waals surface area contributed by atoms with Crippen LogP contribution in [0, 0.1) is 0 Å². The molecule has 0 amide bonds. The van der Waals surface area contributed by atoms with Crippen molar-refractivity contribution in [3.05, 3.63) is 36.2 Å². The highest BCUT2D eigenvalue weighted by Gasteiger charge is 1.93. The molecule has 0 aliphatic heterocycles. The number of hydrogen-bond acceptors (Lipinski definition) is 0. The van der Waals surface area contributed by atoms with Gasteiger partial charge in [0.1, 0.15) is 0 Å². The van der Waals surface area contributed by atoms with Crippen LogP contribution in [0.5, 0.6) is 0 Å². The summed E-state index contributed by atoms with van der Waals surface area (Å²) in [6, 6.07) is 0. The summed E-state index contributed by atoms with van der Waals surface area (Å²) < 4.78 is 0. The lowest BCUT2D eigenvalue weighted by Gasteiger charge is -2.04. The lowest BCUT2D eigenvalue weighted by Crippen LogP contribution is -1.71. The first-order valence-corrected chi connectivity index (χ1v) is 7.58. The van der Waals surface area contributed by atoms with Crippen LogP contribution in [0.15, 0.2) is 36.2 Å². The summed E-state index contributed by atoms with van der Waals surface area (Å²) in [5.74, 6) is 0. The van der Waals surface area contributed by atoms with E-state index in [0.717, 1.165) is 0 Å². The predicted octanol–water partition coefficient (Wildman–Crippen LogP) is 5.43. The molecule has 0 bridgehead atoms. The molecule has 0 aromatic rings. The van der Waals surface area contributed by atoms with Crippen LogP contribution in [0.25, 0.3) is 0 Å². The van der Waals surface area contributed by atoms with Gasteiger partial charge in [0.15, 0.2) is 0 Å². The second-order valence-electron chi connectivity index (χ2n) is 2.20. The van der Waals surface area contributed by atoms with Gasteiger partial charge in [-0.1, -0.05) is 66.5 Å². The molecule has 0 saturated heterocycles. The minimum absolute atomic E-state index is 0.0509. The summed E-state index contributed by atoms with van der Waals surface area (Å²) in [5.41, 5.74) is 0. The summed E-state index contributed by atoms with van der Waals surface area (Å²) in [4.78, 5) is 0. The summed E-state index contributed by atoms with van der Waals surface area (Å²) in [6.07, 6.45) is 8.07. The Hall–Kier alpha value is -0.350. The Kier molecular flexibility index (Phi) is 25.4. The largest absolute Gasteiger partial charge is 0.0991 e. The van der Waals surface area contributed by atoms with E-state index >= 15 is 0 Å². The molecular weight excluding hydrogens is 187 g/mol. The molecule has 84 valence electrons. The normalized spacial score (nSPS) is 10.1. The molecule has 0 aromatic heterocycles. The van der Waals surface area contributed by atoms with Gasteiger partial charge in [-0.05, 0) is 25.6 Å². The lowest BCUT2D eigenvalue weighted by molar-refractivity contribution is 1.50. The van der Waals surface area contributed by atoms with E-state index in [1.54, 1.807) is 0 Å². The highest BCUT2D eigenvalue weighted by atomic mass is 31.1. The van der Waals surface area contributed by atoms with Crippen LogP contribution in [0.4, 0.5) is 0 Å². The van der Waals surface area contributed by atoms with E-state index in [-0.39, 0.29) is 7.92 Å². The van der Waals surface area contributed by atoms with Gasteiger partial charge >= 0.3 is 0 Å². The van der Waals surface area contributed by atoms with E-state index in [9.17, 15) is 0 Å². The van der Waals surface area contributed by atoms with Crippen molar-refractivity contribution >= 4 is 7.92 Å². The van der Waals surface area contributed by atoms with E-state index in [4.69, 9.17) is 0 Å². The van der Waals surface area contributed by atoms with Crippen molar-refractivity contribution in [1.82, 2.24) is 0 Å². The van der Waals surface area contributed by atoms with Gasteiger partial charge in [-0.15, -0.1) is 0 Å². The maximum Gasteiger partial charge on any atom is -0.0288 e. The van der Waals surface area contributed by atoms with Gasteiger partial charge in [0.05, 0.1) is 0 Å². The molecule has 0 atom stereocenters. The molecule has 0 rings (SSSR count). The Balaban J connectivity index is -0.000000266. The molecule has 0 aliphatic carbocycles. The third kappa shape index (κ3) is 14.2. The van der Waals surface area contributed by atoms with Gasteiger partial charge in [-0.3, -0.25) is 0 Å². The molecule has 0 radical (unpaired) electrons. The summed E-state index contributed by atoms with van der Waals surface area (Å²) in [5, 5.41) is 1.43. The van der Waals surface area contributed by atoms with Crippen molar-refractivity contribution in [2.45, 2.75) is 34.6 Å². The standard InChI is InChI=1S/C9H15P.2C2H6/c1-5-7-8-9(6-2)10(3)4;2*1-2/h5-8H,1H2,2-4H3;2*1-2H3/b8-7-,9-6+;;. The topological polar surface area (TPSA) is 0 Å². The van der Waals surface area contributed by atoms with Crippen LogP contribution in [0.3, 0.4) is 0 Å². The Morgan fingerprint density at radius 3 is 1.71 bits per heavy atom. The third-order valence-corrected chi connectivity index (χ3v) is 2.66. The smallest absolute Gasteiger partial charge is 0.0288 e. The fourth-order valence-corrected chi connectivity index (χ4v) is 1.57. The Bertz CT molecular complexity index is 153. The predicted molar refractivity (Wildman–Crippen MR) is 74.6 cm³/mol. The highest BCUT2D eigenvalue weighted by molar-refractivity contribution is 7.60. The molecule has 0 aromatic carbocycles. The first-order chi connectivity index (χ1) is 6.72. The Morgan fingerprint density at radius 1 is 1.07 bits per heavy atom. The van der Waals surface area contributed by atoms with Crippen molar-refractivity contribution in [2.24, 2.45) is 0 Å². The maximum absolute atomic E-state index is 3.62. The molecule has 1 heteroatoms. The van der Waals surface area contributed by atoms with Gasteiger partial charge in [-0.2, -0.15) is 0 Å². The van der Waals surface area contributed by atoms with Gasteiger partial charge in [0, 0.05) is 0 Å². The molecule has 0 fully saturated rings. The molecule has 0 saturated carbocycles. The second-order valence-corrected chi connectivity index (χ2v) is 4.51. The van der Waals surface area contributed by atoms with Crippen LogP contribution in [-0.2, 0) is 0 Å². The van der Waals surface area contributed by atoms with Crippen molar-refractivity contribution in [3.63, 3.8) is 0 Å². The van der Waals surface area contributed by atoms with Crippen molar-refractivity contribution < 1.29 is 0 Å². The number of rotatable bonds is 3. The van der Waals surface area contributed by atoms with Crippen LogP contribution in [-0.4, -0.2) is 13.3 Å². The van der Waals surface area contributed by atoms with Crippen LogP contribution in [0.1, 0.15) is 34.6 Å². The second kappa shape index (κ2) is 18.4. The van der Waals surface area contributed by atoms with Crippen LogP contribution < -0.4 is 0 Å². The van der Waals surface area contributed by atoms with Gasteiger partial charge < -0.3 is 0 Å². The van der Waals surface area contributed by atoms with E-state index in [2.05, 4.69) is 39.0 Å². The summed E-state index contributed by atoms with van der Waals surface area (Å²) in [7, 11) is 0.0509. The van der Waals surface area contributed by atoms with Crippen molar-refractivity contribution in [1.29, 1.82) is 0 Å². The molecule has 0 aliphatic rings. The van der Waals surface area contributed by atoms with Gasteiger partial charge in [0.25, 0.3) is 0 Å². The monoisotopic (exact) mass is 214 g/mol. The number of allylic oxidation sites excluding steroid dienone is 5.